The smallest absolute Gasteiger partial charge is 0.264 e. The van der Waals surface area contributed by atoms with E-state index in [1.807, 2.05) is 0 Å². The van der Waals surface area contributed by atoms with Crippen molar-refractivity contribution in [3.63, 3.8) is 0 Å². The van der Waals surface area contributed by atoms with Crippen LogP contribution in [0, 0.1) is 40.4 Å². The van der Waals surface area contributed by atoms with Crippen molar-refractivity contribution in [3.8, 4) is 0 Å². The van der Waals surface area contributed by atoms with Gasteiger partial charge in [-0.2, -0.15) is 8.42 Å². The van der Waals surface area contributed by atoms with E-state index in [2.05, 4.69) is 46.8 Å². The Bertz CT molecular complexity index is 870. The molecule has 0 heterocycles. The Morgan fingerprint density at radius 2 is 1.94 bits per heavy atom. The van der Waals surface area contributed by atoms with Crippen LogP contribution in [0.3, 0.4) is 0 Å². The van der Waals surface area contributed by atoms with Crippen LogP contribution in [0.15, 0.2) is 23.3 Å². The van der Waals surface area contributed by atoms with Crippen molar-refractivity contribution < 1.29 is 17.2 Å². The molecule has 4 rings (SSSR count). The number of fused-ring (bicyclic) bond motifs is 5. The third kappa shape index (κ3) is 4.51. The quantitative estimate of drug-likeness (QED) is 0.335. The van der Waals surface area contributed by atoms with Crippen LogP contribution in [-0.4, -0.2) is 19.1 Å². The Kier molecular flexibility index (Phi) is 6.77. The van der Waals surface area contributed by atoms with Crippen LogP contribution in [0.5, 0.6) is 0 Å². The molecule has 0 saturated heterocycles. The Balaban J connectivity index is 1.49. The van der Waals surface area contributed by atoms with E-state index in [4.69, 9.17) is 8.74 Å². The zero-order chi connectivity index (χ0) is 23.3. The minimum atomic E-state index is -4.38. The molecule has 32 heavy (non-hydrogen) atoms. The Morgan fingerprint density at radius 3 is 2.62 bits per heavy atom. The van der Waals surface area contributed by atoms with Crippen LogP contribution in [0.25, 0.3) is 0 Å². The van der Waals surface area contributed by atoms with Gasteiger partial charge in [0, 0.05) is 0 Å². The minimum absolute atomic E-state index is 0.163. The van der Waals surface area contributed by atoms with E-state index in [-0.39, 0.29) is 5.41 Å². The lowest BCUT2D eigenvalue weighted by Gasteiger charge is -2.58. The predicted molar refractivity (Wildman–Crippen MR) is 129 cm³/mol. The van der Waals surface area contributed by atoms with Gasteiger partial charge in [0.25, 0.3) is 0 Å². The second-order valence-corrected chi connectivity index (χ2v) is 13.3. The first-order valence-electron chi connectivity index (χ1n) is 12.9. The highest BCUT2D eigenvalue weighted by Crippen LogP contribution is 2.67. The van der Waals surface area contributed by atoms with Gasteiger partial charge in [-0.3, -0.25) is 4.55 Å². The lowest BCUT2D eigenvalue weighted by molar-refractivity contribution is -0.0558. The van der Waals surface area contributed by atoms with Crippen molar-refractivity contribution in [1.82, 2.24) is 0 Å². The summed E-state index contributed by atoms with van der Waals surface area (Å²) >= 11 is 0. The van der Waals surface area contributed by atoms with Crippen molar-refractivity contribution in [3.05, 3.63) is 23.3 Å². The van der Waals surface area contributed by atoms with E-state index < -0.39 is 16.5 Å². The lowest BCUT2D eigenvalue weighted by atomic mass is 9.47. The zero-order valence-electron chi connectivity index (χ0n) is 20.8. The first-order valence-corrected chi connectivity index (χ1v) is 14.3. The van der Waals surface area contributed by atoms with E-state index in [0.717, 1.165) is 36.5 Å². The molecule has 8 atom stereocenters. The summed E-state index contributed by atoms with van der Waals surface area (Å²) in [5.41, 5.74) is 3.45. The molecule has 3 fully saturated rings. The molecule has 0 radical (unpaired) electrons. The van der Waals surface area contributed by atoms with E-state index >= 15 is 0 Å². The summed E-state index contributed by atoms with van der Waals surface area (Å²) in [6, 6.07) is 0. The van der Waals surface area contributed by atoms with Crippen LogP contribution >= 0.6 is 0 Å². The Morgan fingerprint density at radius 1 is 1.19 bits per heavy atom. The predicted octanol–water partition coefficient (Wildman–Crippen LogP) is 7.14. The molecule has 3 saturated carbocycles. The number of hydrogen-bond acceptors (Lipinski definition) is 3. The third-order valence-electron chi connectivity index (χ3n) is 10.3. The molecule has 0 aliphatic heterocycles. The second kappa shape index (κ2) is 8.85. The first-order chi connectivity index (χ1) is 14.9. The van der Waals surface area contributed by atoms with Gasteiger partial charge in [0.05, 0.1) is 6.10 Å². The second-order valence-electron chi connectivity index (χ2n) is 12.2. The van der Waals surface area contributed by atoms with Gasteiger partial charge < -0.3 is 0 Å². The normalized spacial score (nSPS) is 42.3. The Hall–Kier alpha value is -0.650. The van der Waals surface area contributed by atoms with Crippen molar-refractivity contribution >= 4 is 10.4 Å². The highest BCUT2D eigenvalue weighted by Gasteiger charge is 2.59. The molecule has 4 aliphatic rings. The van der Waals surface area contributed by atoms with Gasteiger partial charge in [-0.1, -0.05) is 44.1 Å². The molecule has 0 spiro atoms. The summed E-state index contributed by atoms with van der Waals surface area (Å²) in [7, 11) is -4.38. The highest BCUT2D eigenvalue weighted by atomic mass is 32.3. The summed E-state index contributed by atoms with van der Waals surface area (Å²) in [6.07, 6.45) is 15.8. The lowest BCUT2D eigenvalue weighted by Crippen LogP contribution is -2.51. The first kappa shape index (κ1) is 24.5. The number of rotatable bonds is 6. The summed E-state index contributed by atoms with van der Waals surface area (Å²) in [5.74, 6) is 3.91. The van der Waals surface area contributed by atoms with E-state index in [1.54, 1.807) is 0 Å². The molecule has 182 valence electrons. The maximum atomic E-state index is 11.2. The van der Waals surface area contributed by atoms with Crippen LogP contribution in [0.1, 0.15) is 98.8 Å². The molecule has 0 aromatic carbocycles. The maximum Gasteiger partial charge on any atom is 0.397 e. The molecule has 1 N–H and O–H groups in total. The van der Waals surface area contributed by atoms with Gasteiger partial charge in [-0.15, -0.1) is 0 Å². The van der Waals surface area contributed by atoms with Crippen molar-refractivity contribution in [1.29, 1.82) is 0 Å². The maximum absolute atomic E-state index is 11.2. The monoisotopic (exact) mass is 464 g/mol. The molecule has 0 amide bonds. The zero-order valence-corrected chi connectivity index (χ0v) is 21.6. The molecule has 0 unspecified atom stereocenters. The number of hydrogen-bond donors (Lipinski definition) is 1. The van der Waals surface area contributed by atoms with Crippen molar-refractivity contribution in [2.75, 3.05) is 0 Å². The van der Waals surface area contributed by atoms with E-state index in [0.29, 0.717) is 24.2 Å². The molecule has 0 aromatic heterocycles. The van der Waals surface area contributed by atoms with Gasteiger partial charge >= 0.3 is 10.4 Å². The van der Waals surface area contributed by atoms with Crippen LogP contribution < -0.4 is 0 Å². The fourth-order valence-corrected chi connectivity index (χ4v) is 9.20. The summed E-state index contributed by atoms with van der Waals surface area (Å²) in [6.45, 7) is 11.9. The minimum Gasteiger partial charge on any atom is -0.264 e. The summed E-state index contributed by atoms with van der Waals surface area (Å²) < 4.78 is 36.5. The molecule has 4 aliphatic carbocycles. The van der Waals surface area contributed by atoms with Gasteiger partial charge in [-0.05, 0) is 118 Å². The molecule has 0 bridgehead atoms. The van der Waals surface area contributed by atoms with E-state index in [9.17, 15) is 8.42 Å². The van der Waals surface area contributed by atoms with E-state index in [1.165, 1.54) is 49.7 Å². The third-order valence-corrected chi connectivity index (χ3v) is 10.8. The molecule has 4 nitrogen and oxygen atoms in total. The SMILES string of the molecule is CC(C)=CCC[C@@H](C)[C@H]1CC[C@H]2[C@@H]3CC=C4C[C@@H](OS(=O)(=O)O)CC[C@]4(C)[C@H]3CC[C@]12C. The molecular formula is C27H44O4S. The summed E-state index contributed by atoms with van der Waals surface area (Å²) in [4.78, 5) is 0. The topological polar surface area (TPSA) is 63.6 Å². The fraction of sp³-hybridized carbons (Fsp3) is 0.852. The highest BCUT2D eigenvalue weighted by molar-refractivity contribution is 7.80. The average molecular weight is 465 g/mol. The van der Waals surface area contributed by atoms with Crippen LogP contribution in [0.2, 0.25) is 0 Å². The van der Waals surface area contributed by atoms with Gasteiger partial charge in [-0.25, -0.2) is 4.18 Å². The van der Waals surface area contributed by atoms with Crippen LogP contribution in [-0.2, 0) is 14.6 Å². The van der Waals surface area contributed by atoms with Gasteiger partial charge in [0.1, 0.15) is 0 Å². The molecular weight excluding hydrogens is 420 g/mol. The average Bonchev–Trinajstić information content (AvgIpc) is 3.04. The fourth-order valence-electron chi connectivity index (χ4n) is 8.69. The van der Waals surface area contributed by atoms with Crippen LogP contribution in [0.4, 0.5) is 0 Å². The van der Waals surface area contributed by atoms with Crippen molar-refractivity contribution in [2.24, 2.45) is 40.4 Å². The van der Waals surface area contributed by atoms with Gasteiger partial charge in [0.2, 0.25) is 0 Å². The van der Waals surface area contributed by atoms with Crippen molar-refractivity contribution in [2.45, 2.75) is 105 Å². The standard InChI is InChI=1S/C27H44O4S/c1-18(2)7-6-8-19(3)23-11-12-24-22-10-9-20-17-21(31-32(28,29)30)13-15-26(20,4)25(22)14-16-27(23,24)5/h7,9,19,21-25H,6,8,10-17H2,1-5H3,(H,28,29,30)/t19-,21+,22+,23-,24+,25+,26+,27-/m1/s1. The Labute approximate surface area is 196 Å². The largest absolute Gasteiger partial charge is 0.397 e. The summed E-state index contributed by atoms with van der Waals surface area (Å²) in [5, 5.41) is 0. The molecule has 5 heteroatoms. The molecule has 0 aromatic rings. The number of allylic oxidation sites excluding steroid dienone is 3. The van der Waals surface area contributed by atoms with Gasteiger partial charge in [0.15, 0.2) is 0 Å².